The molecule has 0 bridgehead atoms. The van der Waals surface area contributed by atoms with Gasteiger partial charge in [-0.2, -0.15) is 5.10 Å². The third-order valence-electron chi connectivity index (χ3n) is 5.09. The Balaban J connectivity index is 1.51. The summed E-state index contributed by atoms with van der Waals surface area (Å²) in [4.78, 5) is 17.1. The van der Waals surface area contributed by atoms with Crippen molar-refractivity contribution in [3.8, 4) is 5.82 Å². The van der Waals surface area contributed by atoms with E-state index in [1.54, 1.807) is 6.07 Å². The van der Waals surface area contributed by atoms with Crippen LogP contribution in [0.4, 0.5) is 5.69 Å². The van der Waals surface area contributed by atoms with E-state index < -0.39 is 0 Å². The Bertz CT molecular complexity index is 1210. The molecule has 0 aliphatic heterocycles. The predicted octanol–water partition coefficient (Wildman–Crippen LogP) is 5.22. The molecule has 3 heterocycles. The fraction of sp³-hybridized carbons (Fsp3) is 0.261. The molecule has 0 aliphatic carbocycles. The Kier molecular flexibility index (Phi) is 5.59. The van der Waals surface area contributed by atoms with Crippen LogP contribution in [0.2, 0.25) is 5.02 Å². The zero-order chi connectivity index (χ0) is 21.3. The van der Waals surface area contributed by atoms with Gasteiger partial charge in [0.25, 0.3) is 0 Å². The summed E-state index contributed by atoms with van der Waals surface area (Å²) >= 11 is 5.98. The molecular formula is C23H24ClN5O. The molecule has 0 fully saturated rings. The number of aromatic nitrogens is 4. The summed E-state index contributed by atoms with van der Waals surface area (Å²) in [5.41, 5.74) is 4.68. The molecule has 4 rings (SSSR count). The molecule has 0 aliphatic rings. The summed E-state index contributed by atoms with van der Waals surface area (Å²) < 4.78 is 3.91. The van der Waals surface area contributed by atoms with E-state index in [0.29, 0.717) is 24.4 Å². The number of hydrogen-bond acceptors (Lipinski definition) is 3. The van der Waals surface area contributed by atoms with Crippen molar-refractivity contribution in [2.75, 3.05) is 5.32 Å². The minimum atomic E-state index is -0.0252. The van der Waals surface area contributed by atoms with Gasteiger partial charge in [-0.3, -0.25) is 4.79 Å². The molecule has 1 amide bonds. The zero-order valence-corrected chi connectivity index (χ0v) is 18.1. The van der Waals surface area contributed by atoms with E-state index >= 15 is 0 Å². The van der Waals surface area contributed by atoms with Crippen LogP contribution in [0.25, 0.3) is 16.9 Å². The van der Waals surface area contributed by atoms with Crippen molar-refractivity contribution in [1.82, 2.24) is 19.3 Å². The van der Waals surface area contributed by atoms with Crippen LogP contribution in [-0.2, 0) is 11.3 Å². The standard InChI is InChI=1S/C23H24ClN5O/c1-15-14-18(24)8-9-19(15)26-20(30)7-6-12-29-22-21(16(2)13-17(3)25-22)23(27-29)28-10-4-5-11-28/h4-5,8-11,13-14H,6-7,12H2,1-3H3,(H,26,30). The van der Waals surface area contributed by atoms with E-state index in [1.807, 2.05) is 59.8 Å². The molecule has 3 aromatic heterocycles. The third-order valence-corrected chi connectivity index (χ3v) is 5.33. The molecule has 0 saturated heterocycles. The van der Waals surface area contributed by atoms with Crippen molar-refractivity contribution in [3.05, 3.63) is 70.6 Å². The smallest absolute Gasteiger partial charge is 0.224 e. The highest BCUT2D eigenvalue weighted by atomic mass is 35.5. The highest BCUT2D eigenvalue weighted by Gasteiger charge is 2.16. The topological polar surface area (TPSA) is 64.7 Å². The fourth-order valence-corrected chi connectivity index (χ4v) is 3.90. The first-order valence-corrected chi connectivity index (χ1v) is 10.3. The SMILES string of the molecule is Cc1cc(C)c2c(-n3cccc3)nn(CCCC(=O)Nc3ccc(Cl)cc3C)c2n1. The summed E-state index contributed by atoms with van der Waals surface area (Å²) in [5, 5.41) is 9.47. The predicted molar refractivity (Wildman–Crippen MR) is 120 cm³/mol. The van der Waals surface area contributed by atoms with Gasteiger partial charge in [-0.05, 0) is 74.7 Å². The Morgan fingerprint density at radius 2 is 1.87 bits per heavy atom. The van der Waals surface area contributed by atoms with Crippen molar-refractivity contribution >= 4 is 34.2 Å². The number of nitrogens with zero attached hydrogens (tertiary/aromatic N) is 4. The van der Waals surface area contributed by atoms with Crippen LogP contribution in [0.5, 0.6) is 0 Å². The lowest BCUT2D eigenvalue weighted by Gasteiger charge is -2.09. The van der Waals surface area contributed by atoms with Crippen molar-refractivity contribution in [2.24, 2.45) is 0 Å². The van der Waals surface area contributed by atoms with E-state index in [-0.39, 0.29) is 5.91 Å². The van der Waals surface area contributed by atoms with Crippen molar-refractivity contribution in [2.45, 2.75) is 40.2 Å². The van der Waals surface area contributed by atoms with Gasteiger partial charge in [0.05, 0.1) is 5.39 Å². The summed E-state index contributed by atoms with van der Waals surface area (Å²) in [6, 6.07) is 11.5. The number of hydrogen-bond donors (Lipinski definition) is 1. The second-order valence-corrected chi connectivity index (χ2v) is 7.96. The van der Waals surface area contributed by atoms with E-state index in [4.69, 9.17) is 21.7 Å². The summed E-state index contributed by atoms with van der Waals surface area (Å²) in [6.07, 6.45) is 5.02. The molecule has 0 spiro atoms. The number of aryl methyl sites for hydroxylation is 4. The zero-order valence-electron chi connectivity index (χ0n) is 17.3. The number of amides is 1. The monoisotopic (exact) mass is 421 g/mol. The van der Waals surface area contributed by atoms with E-state index in [2.05, 4.69) is 18.3 Å². The average molecular weight is 422 g/mol. The highest BCUT2D eigenvalue weighted by molar-refractivity contribution is 6.30. The molecule has 7 heteroatoms. The molecule has 0 saturated carbocycles. The quantitative estimate of drug-likeness (QED) is 0.464. The van der Waals surface area contributed by atoms with Gasteiger partial charge in [0, 0.05) is 41.8 Å². The molecule has 1 N–H and O–H groups in total. The van der Waals surface area contributed by atoms with Gasteiger partial charge in [-0.1, -0.05) is 11.6 Å². The van der Waals surface area contributed by atoms with Gasteiger partial charge in [-0.15, -0.1) is 0 Å². The van der Waals surface area contributed by atoms with E-state index in [0.717, 1.165) is 39.4 Å². The van der Waals surface area contributed by atoms with Gasteiger partial charge in [0.1, 0.15) is 0 Å². The van der Waals surface area contributed by atoms with Gasteiger partial charge in [0.2, 0.25) is 5.91 Å². The maximum atomic E-state index is 12.4. The van der Waals surface area contributed by atoms with Crippen molar-refractivity contribution in [3.63, 3.8) is 0 Å². The second-order valence-electron chi connectivity index (χ2n) is 7.53. The van der Waals surface area contributed by atoms with Gasteiger partial charge < -0.3 is 9.88 Å². The third kappa shape index (κ3) is 4.09. The molecule has 1 aromatic carbocycles. The van der Waals surface area contributed by atoms with Crippen LogP contribution in [0.1, 0.15) is 29.7 Å². The van der Waals surface area contributed by atoms with Crippen LogP contribution in [0.15, 0.2) is 48.8 Å². The normalized spacial score (nSPS) is 11.2. The van der Waals surface area contributed by atoms with Gasteiger partial charge in [0.15, 0.2) is 11.5 Å². The minimum Gasteiger partial charge on any atom is -0.326 e. The fourth-order valence-electron chi connectivity index (χ4n) is 3.67. The number of benzene rings is 1. The Hall–Kier alpha value is -3.12. The Morgan fingerprint density at radius 1 is 1.10 bits per heavy atom. The number of halogens is 1. The summed E-state index contributed by atoms with van der Waals surface area (Å²) in [5.74, 6) is 0.837. The largest absolute Gasteiger partial charge is 0.326 e. The maximum absolute atomic E-state index is 12.4. The molecule has 6 nitrogen and oxygen atoms in total. The first kappa shape index (κ1) is 20.2. The van der Waals surface area contributed by atoms with Crippen LogP contribution in [0, 0.1) is 20.8 Å². The maximum Gasteiger partial charge on any atom is 0.224 e. The number of carbonyl (C=O) groups is 1. The molecule has 0 radical (unpaired) electrons. The lowest BCUT2D eigenvalue weighted by molar-refractivity contribution is -0.116. The lowest BCUT2D eigenvalue weighted by Crippen LogP contribution is -2.13. The Morgan fingerprint density at radius 3 is 2.60 bits per heavy atom. The Labute approximate surface area is 180 Å². The molecule has 0 unspecified atom stereocenters. The van der Waals surface area contributed by atoms with Crippen LogP contribution >= 0.6 is 11.6 Å². The van der Waals surface area contributed by atoms with E-state index in [1.165, 1.54) is 0 Å². The lowest BCUT2D eigenvalue weighted by atomic mass is 10.1. The number of carbonyl (C=O) groups excluding carboxylic acids is 1. The number of fused-ring (bicyclic) bond motifs is 1. The number of nitrogens with one attached hydrogen (secondary N) is 1. The number of rotatable bonds is 6. The molecule has 0 atom stereocenters. The van der Waals surface area contributed by atoms with Crippen molar-refractivity contribution in [1.29, 1.82) is 0 Å². The number of pyridine rings is 1. The second kappa shape index (κ2) is 8.32. The van der Waals surface area contributed by atoms with E-state index in [9.17, 15) is 4.79 Å². The van der Waals surface area contributed by atoms with Crippen molar-refractivity contribution < 1.29 is 4.79 Å². The summed E-state index contributed by atoms with van der Waals surface area (Å²) in [7, 11) is 0. The van der Waals surface area contributed by atoms with Crippen LogP contribution in [-0.4, -0.2) is 25.2 Å². The molecule has 4 aromatic rings. The van der Waals surface area contributed by atoms with Gasteiger partial charge in [-0.25, -0.2) is 9.67 Å². The molecule has 154 valence electrons. The number of anilines is 1. The van der Waals surface area contributed by atoms with Crippen LogP contribution in [0.3, 0.4) is 0 Å². The summed E-state index contributed by atoms with van der Waals surface area (Å²) in [6.45, 7) is 6.61. The van der Waals surface area contributed by atoms with Crippen LogP contribution < -0.4 is 5.32 Å². The first-order chi connectivity index (χ1) is 14.4. The molecule has 30 heavy (non-hydrogen) atoms. The first-order valence-electron chi connectivity index (χ1n) is 9.96. The highest BCUT2D eigenvalue weighted by Crippen LogP contribution is 2.25. The average Bonchev–Trinajstić information content (AvgIpc) is 3.32. The van der Waals surface area contributed by atoms with Gasteiger partial charge >= 0.3 is 0 Å². The molecular weight excluding hydrogens is 398 g/mol. The minimum absolute atomic E-state index is 0.0252.